The number of aliphatic carboxylic acids is 1. The average molecular weight is 487 g/mol. The van der Waals surface area contributed by atoms with Crippen LogP contribution in [0.5, 0.6) is 0 Å². The second kappa shape index (κ2) is 11.3. The minimum atomic E-state index is -1.02. The van der Waals surface area contributed by atoms with Crippen molar-refractivity contribution in [1.82, 2.24) is 4.90 Å². The standard InChI is InChI=1S/C24H30N4O5S/c1-14(29)20(23(31)32)28(17-6-2-3-7-17)12-4-5-15-8-10-16(11-9-15)19-13-18(21(25)30)22(34-19)27-24(26)33/h4-5,8-11,13-14,17,20,29H,2-3,6-7,12H2,1H3,(H2,25,30)(H,31,32)(H3,26,27,33)/t14-,20+/m1/s1. The van der Waals surface area contributed by atoms with E-state index in [1.807, 2.05) is 41.3 Å². The molecule has 0 unspecified atom stereocenters. The Kier molecular flexibility index (Phi) is 8.43. The molecule has 2 aromatic rings. The molecule has 0 spiro atoms. The van der Waals surface area contributed by atoms with Gasteiger partial charge in [-0.15, -0.1) is 11.3 Å². The van der Waals surface area contributed by atoms with E-state index in [9.17, 15) is 24.6 Å². The molecule has 2 atom stereocenters. The molecule has 7 N–H and O–H groups in total. The molecular formula is C24H30N4O5S. The number of thiophene rings is 1. The molecule has 0 aliphatic heterocycles. The van der Waals surface area contributed by atoms with Crippen LogP contribution in [0.1, 0.15) is 48.5 Å². The van der Waals surface area contributed by atoms with Gasteiger partial charge in [-0.2, -0.15) is 0 Å². The number of nitrogens with zero attached hydrogens (tertiary/aromatic N) is 1. The summed E-state index contributed by atoms with van der Waals surface area (Å²) in [6, 6.07) is 7.61. The first-order valence-electron chi connectivity index (χ1n) is 11.1. The van der Waals surface area contributed by atoms with Crippen molar-refractivity contribution in [3.8, 4) is 10.4 Å². The second-order valence-corrected chi connectivity index (χ2v) is 9.44. The zero-order chi connectivity index (χ0) is 24.8. The summed E-state index contributed by atoms with van der Waals surface area (Å²) in [5.41, 5.74) is 12.5. The van der Waals surface area contributed by atoms with Crippen molar-refractivity contribution >= 4 is 40.3 Å². The lowest BCUT2D eigenvalue weighted by atomic mass is 10.1. The highest BCUT2D eigenvalue weighted by atomic mass is 32.1. The predicted octanol–water partition coefficient (Wildman–Crippen LogP) is 3.10. The van der Waals surface area contributed by atoms with Crippen LogP contribution in [0.25, 0.3) is 16.5 Å². The van der Waals surface area contributed by atoms with Crippen LogP contribution in [0, 0.1) is 0 Å². The molecular weight excluding hydrogens is 456 g/mol. The smallest absolute Gasteiger partial charge is 0.323 e. The van der Waals surface area contributed by atoms with E-state index in [0.29, 0.717) is 11.5 Å². The highest BCUT2D eigenvalue weighted by Crippen LogP contribution is 2.35. The summed E-state index contributed by atoms with van der Waals surface area (Å²) in [5, 5.41) is 22.4. The van der Waals surface area contributed by atoms with Gasteiger partial charge in [0.25, 0.3) is 5.91 Å². The Hall–Kier alpha value is -3.21. The van der Waals surface area contributed by atoms with Crippen molar-refractivity contribution in [1.29, 1.82) is 0 Å². The molecule has 0 bridgehead atoms. The SMILES string of the molecule is C[C@@H](O)[C@@H](C(=O)O)N(CC=Cc1ccc(-c2cc(C(N)=O)c(NC(N)=O)s2)cc1)C1CCCC1. The maximum absolute atomic E-state index is 11.8. The molecule has 3 amide bonds. The number of carbonyl (C=O) groups is 3. The molecule has 0 radical (unpaired) electrons. The average Bonchev–Trinajstić information content (AvgIpc) is 3.43. The van der Waals surface area contributed by atoms with Gasteiger partial charge in [-0.25, -0.2) is 4.79 Å². The quantitative estimate of drug-likeness (QED) is 0.347. The number of aliphatic hydroxyl groups excluding tert-OH is 1. The Balaban J connectivity index is 1.74. The number of anilines is 1. The van der Waals surface area contributed by atoms with Gasteiger partial charge >= 0.3 is 12.0 Å². The first kappa shape index (κ1) is 25.4. The van der Waals surface area contributed by atoms with Crippen molar-refractivity contribution in [3.05, 3.63) is 47.5 Å². The molecule has 34 heavy (non-hydrogen) atoms. The predicted molar refractivity (Wildman–Crippen MR) is 133 cm³/mol. The second-order valence-electron chi connectivity index (χ2n) is 8.39. The van der Waals surface area contributed by atoms with Gasteiger partial charge in [-0.1, -0.05) is 49.3 Å². The van der Waals surface area contributed by atoms with Crippen LogP contribution < -0.4 is 16.8 Å². The normalized spacial score (nSPS) is 16.1. The van der Waals surface area contributed by atoms with E-state index in [0.717, 1.165) is 41.7 Å². The van der Waals surface area contributed by atoms with Crippen LogP contribution >= 0.6 is 11.3 Å². The number of carboxylic acid groups (broad SMARTS) is 1. The van der Waals surface area contributed by atoms with E-state index in [1.54, 1.807) is 6.07 Å². The van der Waals surface area contributed by atoms with E-state index in [2.05, 4.69) is 5.32 Å². The van der Waals surface area contributed by atoms with Crippen molar-refractivity contribution in [2.75, 3.05) is 11.9 Å². The van der Waals surface area contributed by atoms with Crippen LogP contribution in [-0.2, 0) is 4.79 Å². The molecule has 9 nitrogen and oxygen atoms in total. The Morgan fingerprint density at radius 1 is 1.21 bits per heavy atom. The maximum Gasteiger partial charge on any atom is 0.323 e. The van der Waals surface area contributed by atoms with Crippen molar-refractivity contribution < 1.29 is 24.6 Å². The third-order valence-electron chi connectivity index (χ3n) is 5.92. The highest BCUT2D eigenvalue weighted by molar-refractivity contribution is 7.20. The number of urea groups is 1. The summed E-state index contributed by atoms with van der Waals surface area (Å²) >= 11 is 1.20. The lowest BCUT2D eigenvalue weighted by molar-refractivity contribution is -0.148. The molecule has 10 heteroatoms. The molecule has 1 aromatic carbocycles. The molecule has 3 rings (SSSR count). The Morgan fingerprint density at radius 3 is 2.38 bits per heavy atom. The number of amides is 3. The summed E-state index contributed by atoms with van der Waals surface area (Å²) in [6.45, 7) is 1.94. The molecule has 1 heterocycles. The fraction of sp³-hybridized carbons (Fsp3) is 0.375. The van der Waals surface area contributed by atoms with E-state index < -0.39 is 30.1 Å². The number of hydrogen-bond acceptors (Lipinski definition) is 6. The van der Waals surface area contributed by atoms with Crippen LogP contribution in [0.3, 0.4) is 0 Å². The third kappa shape index (κ3) is 6.22. The summed E-state index contributed by atoms with van der Waals surface area (Å²) in [4.78, 5) is 37.3. The van der Waals surface area contributed by atoms with Gasteiger partial charge in [0.05, 0.1) is 11.7 Å². The summed E-state index contributed by atoms with van der Waals surface area (Å²) in [6.07, 6.45) is 6.84. The zero-order valence-electron chi connectivity index (χ0n) is 18.9. The van der Waals surface area contributed by atoms with Gasteiger partial charge in [0.1, 0.15) is 11.0 Å². The van der Waals surface area contributed by atoms with Crippen LogP contribution in [-0.4, -0.2) is 57.8 Å². The summed E-state index contributed by atoms with van der Waals surface area (Å²) in [5.74, 6) is -1.68. The van der Waals surface area contributed by atoms with E-state index in [4.69, 9.17) is 11.5 Å². The topological polar surface area (TPSA) is 159 Å². The Morgan fingerprint density at radius 2 is 1.85 bits per heavy atom. The molecule has 1 aliphatic carbocycles. The number of carbonyl (C=O) groups excluding carboxylic acids is 2. The van der Waals surface area contributed by atoms with Gasteiger partial charge in [-0.05, 0) is 37.0 Å². The summed E-state index contributed by atoms with van der Waals surface area (Å²) < 4.78 is 0. The monoisotopic (exact) mass is 486 g/mol. The molecule has 1 saturated carbocycles. The maximum atomic E-state index is 11.8. The first-order chi connectivity index (χ1) is 16.2. The highest BCUT2D eigenvalue weighted by Gasteiger charge is 2.35. The van der Waals surface area contributed by atoms with Crippen molar-refractivity contribution in [2.45, 2.75) is 50.8 Å². The number of primary amides is 2. The largest absolute Gasteiger partial charge is 0.480 e. The van der Waals surface area contributed by atoms with Gasteiger partial charge in [0, 0.05) is 17.5 Å². The number of aliphatic hydroxyl groups is 1. The number of rotatable bonds is 10. The Bertz CT molecular complexity index is 1060. The molecule has 1 fully saturated rings. The number of carboxylic acids is 1. The van der Waals surface area contributed by atoms with Gasteiger partial charge in [0.2, 0.25) is 0 Å². The van der Waals surface area contributed by atoms with Gasteiger partial charge in [0.15, 0.2) is 0 Å². The lowest BCUT2D eigenvalue weighted by Gasteiger charge is -2.34. The van der Waals surface area contributed by atoms with Crippen LogP contribution in [0.2, 0.25) is 0 Å². The van der Waals surface area contributed by atoms with Gasteiger partial charge in [-0.3, -0.25) is 19.8 Å². The zero-order valence-corrected chi connectivity index (χ0v) is 19.8. The third-order valence-corrected chi connectivity index (χ3v) is 7.02. The van der Waals surface area contributed by atoms with Crippen molar-refractivity contribution in [3.63, 3.8) is 0 Å². The summed E-state index contributed by atoms with van der Waals surface area (Å²) in [7, 11) is 0. The van der Waals surface area contributed by atoms with Crippen molar-refractivity contribution in [2.24, 2.45) is 11.5 Å². The number of hydrogen-bond donors (Lipinski definition) is 5. The number of nitrogens with two attached hydrogens (primary N) is 2. The lowest BCUT2D eigenvalue weighted by Crippen LogP contribution is -2.52. The molecule has 0 saturated heterocycles. The minimum absolute atomic E-state index is 0.143. The number of benzene rings is 1. The van der Waals surface area contributed by atoms with E-state index in [1.165, 1.54) is 18.3 Å². The minimum Gasteiger partial charge on any atom is -0.480 e. The number of nitrogens with one attached hydrogen (secondary N) is 1. The molecule has 1 aromatic heterocycles. The van der Waals surface area contributed by atoms with E-state index >= 15 is 0 Å². The first-order valence-corrected chi connectivity index (χ1v) is 11.9. The van der Waals surface area contributed by atoms with Crippen LogP contribution in [0.4, 0.5) is 9.80 Å². The molecule has 182 valence electrons. The molecule has 1 aliphatic rings. The van der Waals surface area contributed by atoms with Crippen LogP contribution in [0.15, 0.2) is 36.4 Å². The van der Waals surface area contributed by atoms with Gasteiger partial charge < -0.3 is 21.7 Å². The fourth-order valence-corrected chi connectivity index (χ4v) is 5.41. The van der Waals surface area contributed by atoms with E-state index in [-0.39, 0.29) is 11.6 Å². The Labute approximate surface area is 202 Å². The fourth-order valence-electron chi connectivity index (χ4n) is 4.34.